The van der Waals surface area contributed by atoms with Crippen molar-refractivity contribution in [1.29, 1.82) is 0 Å². The molecule has 0 radical (unpaired) electrons. The molecule has 2 N–H and O–H groups in total. The Balaban J connectivity index is 0.00000196. The van der Waals surface area contributed by atoms with E-state index in [0.717, 1.165) is 12.1 Å². The second-order valence-corrected chi connectivity index (χ2v) is 2.98. The summed E-state index contributed by atoms with van der Waals surface area (Å²) in [6.07, 6.45) is 0.540. The molecule has 0 saturated carbocycles. The highest BCUT2D eigenvalue weighted by molar-refractivity contribution is 5.85. The summed E-state index contributed by atoms with van der Waals surface area (Å²) in [6.45, 7) is 1.79. The molecule has 0 aliphatic carbocycles. The first-order chi connectivity index (χ1) is 6.56. The summed E-state index contributed by atoms with van der Waals surface area (Å²) >= 11 is 0. The third kappa shape index (κ3) is 3.14. The molecule has 0 fully saturated rings. The van der Waals surface area contributed by atoms with Crippen molar-refractivity contribution in [3.05, 3.63) is 39.7 Å². The van der Waals surface area contributed by atoms with Crippen LogP contribution in [0.15, 0.2) is 18.2 Å². The van der Waals surface area contributed by atoms with Crippen molar-refractivity contribution in [2.24, 2.45) is 5.73 Å². The van der Waals surface area contributed by atoms with Crippen LogP contribution in [0.4, 0.5) is 10.1 Å². The van der Waals surface area contributed by atoms with Gasteiger partial charge in [0.2, 0.25) is 0 Å². The van der Waals surface area contributed by atoms with Crippen molar-refractivity contribution in [2.75, 3.05) is 0 Å². The zero-order chi connectivity index (χ0) is 10.7. The van der Waals surface area contributed by atoms with E-state index in [2.05, 4.69) is 0 Å². The van der Waals surface area contributed by atoms with Crippen molar-refractivity contribution in [2.45, 2.75) is 19.4 Å². The van der Waals surface area contributed by atoms with Gasteiger partial charge in [-0.05, 0) is 12.5 Å². The largest absolute Gasteiger partial charge is 0.324 e. The lowest BCUT2D eigenvalue weighted by molar-refractivity contribution is -0.385. The maximum atomic E-state index is 13.2. The van der Waals surface area contributed by atoms with E-state index in [1.54, 1.807) is 6.92 Å². The van der Waals surface area contributed by atoms with Gasteiger partial charge in [-0.2, -0.15) is 0 Å². The lowest BCUT2D eigenvalue weighted by Gasteiger charge is -2.09. The second kappa shape index (κ2) is 5.63. The van der Waals surface area contributed by atoms with E-state index >= 15 is 0 Å². The van der Waals surface area contributed by atoms with Crippen LogP contribution in [0.3, 0.4) is 0 Å². The van der Waals surface area contributed by atoms with E-state index in [1.807, 2.05) is 0 Å². The van der Waals surface area contributed by atoms with Gasteiger partial charge in [0.05, 0.1) is 4.92 Å². The van der Waals surface area contributed by atoms with E-state index in [1.165, 1.54) is 6.07 Å². The fourth-order valence-electron chi connectivity index (χ4n) is 1.15. The van der Waals surface area contributed by atoms with Crippen molar-refractivity contribution in [3.63, 3.8) is 0 Å². The lowest BCUT2D eigenvalue weighted by atomic mass is 10.0. The topological polar surface area (TPSA) is 69.2 Å². The van der Waals surface area contributed by atoms with E-state index in [4.69, 9.17) is 5.73 Å². The van der Waals surface area contributed by atoms with Crippen LogP contribution in [0.2, 0.25) is 0 Å². The minimum Gasteiger partial charge on any atom is -0.324 e. The Morgan fingerprint density at radius 3 is 2.67 bits per heavy atom. The van der Waals surface area contributed by atoms with Gasteiger partial charge in [0.1, 0.15) is 5.82 Å². The van der Waals surface area contributed by atoms with E-state index in [0.29, 0.717) is 6.42 Å². The number of halogens is 2. The van der Waals surface area contributed by atoms with Gasteiger partial charge in [-0.3, -0.25) is 10.1 Å². The number of nitro groups is 1. The molecule has 15 heavy (non-hydrogen) atoms. The maximum Gasteiger partial charge on any atom is 0.269 e. The predicted molar refractivity (Wildman–Crippen MR) is 57.5 cm³/mol. The normalized spacial score (nSPS) is 11.7. The van der Waals surface area contributed by atoms with Crippen LogP contribution in [0.1, 0.15) is 24.9 Å². The average Bonchev–Trinajstić information content (AvgIpc) is 2.17. The molecule has 0 bridgehead atoms. The summed E-state index contributed by atoms with van der Waals surface area (Å²) in [5.74, 6) is -0.495. The Morgan fingerprint density at radius 2 is 2.20 bits per heavy atom. The summed E-state index contributed by atoms with van der Waals surface area (Å²) in [5.41, 5.74) is 5.66. The van der Waals surface area contributed by atoms with Gasteiger partial charge in [-0.1, -0.05) is 6.92 Å². The quantitative estimate of drug-likeness (QED) is 0.646. The summed E-state index contributed by atoms with van der Waals surface area (Å²) < 4.78 is 13.2. The van der Waals surface area contributed by atoms with Crippen LogP contribution in [0, 0.1) is 15.9 Å². The fraction of sp³-hybridized carbons (Fsp3) is 0.333. The summed E-state index contributed by atoms with van der Waals surface area (Å²) in [7, 11) is 0. The number of nitro benzene ring substituents is 1. The zero-order valence-electron chi connectivity index (χ0n) is 8.14. The molecular formula is C9H12ClFN2O2. The summed E-state index contributed by atoms with van der Waals surface area (Å²) in [4.78, 5) is 9.85. The first-order valence-corrected chi connectivity index (χ1v) is 4.25. The van der Waals surface area contributed by atoms with Crippen molar-refractivity contribution < 1.29 is 9.31 Å². The standard InChI is InChI=1S/C9H11FN2O2.ClH/c1-2-9(11)7-5-6(12(13)14)3-4-8(7)10;/h3-5,9H,2,11H2,1H3;1H/t9-;/m1./s1. The van der Waals surface area contributed by atoms with Crippen LogP contribution in [0.5, 0.6) is 0 Å². The van der Waals surface area contributed by atoms with Gasteiger partial charge in [0.25, 0.3) is 5.69 Å². The third-order valence-corrected chi connectivity index (χ3v) is 2.03. The number of nitrogens with two attached hydrogens (primary N) is 1. The minimum absolute atomic E-state index is 0. The van der Waals surface area contributed by atoms with Gasteiger partial charge in [0.15, 0.2) is 0 Å². The molecule has 0 aromatic heterocycles. The molecule has 0 aliphatic rings. The van der Waals surface area contributed by atoms with Crippen LogP contribution in [-0.4, -0.2) is 4.92 Å². The molecule has 0 saturated heterocycles. The highest BCUT2D eigenvalue weighted by Gasteiger charge is 2.14. The molecule has 0 aliphatic heterocycles. The number of benzene rings is 1. The van der Waals surface area contributed by atoms with Gasteiger partial charge < -0.3 is 5.73 Å². The fourth-order valence-corrected chi connectivity index (χ4v) is 1.15. The number of non-ortho nitro benzene ring substituents is 1. The Morgan fingerprint density at radius 1 is 1.60 bits per heavy atom. The van der Waals surface area contributed by atoms with Crippen LogP contribution in [-0.2, 0) is 0 Å². The van der Waals surface area contributed by atoms with Crippen molar-refractivity contribution in [3.8, 4) is 0 Å². The monoisotopic (exact) mass is 234 g/mol. The molecule has 1 atom stereocenters. The molecule has 0 spiro atoms. The molecule has 1 aromatic carbocycles. The van der Waals surface area contributed by atoms with E-state index in [-0.39, 0.29) is 23.7 Å². The summed E-state index contributed by atoms with van der Waals surface area (Å²) in [6, 6.07) is 2.89. The molecular weight excluding hydrogens is 223 g/mol. The Labute approximate surface area is 92.8 Å². The molecule has 0 unspecified atom stereocenters. The predicted octanol–water partition coefficient (Wildman–Crippen LogP) is 2.57. The number of hydrogen-bond acceptors (Lipinski definition) is 3. The molecule has 6 heteroatoms. The second-order valence-electron chi connectivity index (χ2n) is 2.98. The highest BCUT2D eigenvalue weighted by atomic mass is 35.5. The third-order valence-electron chi connectivity index (χ3n) is 2.03. The molecule has 1 aromatic rings. The zero-order valence-corrected chi connectivity index (χ0v) is 8.96. The number of nitrogens with zero attached hydrogens (tertiary/aromatic N) is 1. The first-order valence-electron chi connectivity index (χ1n) is 4.25. The Hall–Kier alpha value is -1.20. The number of hydrogen-bond donors (Lipinski definition) is 1. The van der Waals surface area contributed by atoms with Gasteiger partial charge in [0, 0.05) is 23.7 Å². The average molecular weight is 235 g/mol. The van der Waals surface area contributed by atoms with Gasteiger partial charge in [-0.15, -0.1) is 12.4 Å². The maximum absolute atomic E-state index is 13.2. The molecule has 4 nitrogen and oxygen atoms in total. The summed E-state index contributed by atoms with van der Waals surface area (Å²) in [5, 5.41) is 10.4. The minimum atomic E-state index is -0.564. The highest BCUT2D eigenvalue weighted by Crippen LogP contribution is 2.22. The smallest absolute Gasteiger partial charge is 0.269 e. The van der Waals surface area contributed by atoms with E-state index < -0.39 is 16.8 Å². The molecule has 0 amide bonds. The van der Waals surface area contributed by atoms with E-state index in [9.17, 15) is 14.5 Å². The molecule has 0 heterocycles. The van der Waals surface area contributed by atoms with Crippen LogP contribution in [0.25, 0.3) is 0 Å². The SMILES string of the molecule is CC[C@@H](N)c1cc([N+](=O)[O-])ccc1F.Cl. The van der Waals surface area contributed by atoms with Crippen molar-refractivity contribution >= 4 is 18.1 Å². The first kappa shape index (κ1) is 13.8. The van der Waals surface area contributed by atoms with Gasteiger partial charge >= 0.3 is 0 Å². The molecule has 84 valence electrons. The lowest BCUT2D eigenvalue weighted by Crippen LogP contribution is -2.11. The molecule has 1 rings (SSSR count). The van der Waals surface area contributed by atoms with Crippen LogP contribution >= 0.6 is 12.4 Å². The number of rotatable bonds is 3. The van der Waals surface area contributed by atoms with Gasteiger partial charge in [-0.25, -0.2) is 4.39 Å². The Kier molecular flexibility index (Phi) is 5.18. The Bertz CT molecular complexity index is 360. The van der Waals surface area contributed by atoms with Crippen molar-refractivity contribution in [1.82, 2.24) is 0 Å². The van der Waals surface area contributed by atoms with Crippen LogP contribution < -0.4 is 5.73 Å².